The van der Waals surface area contributed by atoms with Crippen molar-refractivity contribution in [3.05, 3.63) is 28.5 Å². The van der Waals surface area contributed by atoms with Crippen LogP contribution in [0.4, 0.5) is 10.1 Å². The number of hydrogen-bond donors (Lipinski definition) is 2. The number of rotatable bonds is 3. The van der Waals surface area contributed by atoms with Gasteiger partial charge in [-0.15, -0.1) is 0 Å². The number of halogens is 2. The zero-order valence-electron chi connectivity index (χ0n) is 8.34. The molecule has 0 aliphatic carbocycles. The van der Waals surface area contributed by atoms with E-state index in [2.05, 4.69) is 5.32 Å². The van der Waals surface area contributed by atoms with Crippen molar-refractivity contribution in [2.45, 2.75) is 19.9 Å². The van der Waals surface area contributed by atoms with Crippen molar-refractivity contribution in [3.63, 3.8) is 0 Å². The van der Waals surface area contributed by atoms with Crippen LogP contribution in [-0.4, -0.2) is 17.1 Å². The Kier molecular flexibility index (Phi) is 3.52. The summed E-state index contributed by atoms with van der Waals surface area (Å²) in [4.78, 5) is 10.6. The predicted octanol–water partition coefficient (Wildman–Crippen LogP) is 2.67. The third-order valence-corrected chi connectivity index (χ3v) is 2.30. The third-order valence-electron chi connectivity index (χ3n) is 1.99. The standard InChI is InChI=1S/C10H11ClFNO2/c1-5-3-9(7(11)4-8(5)12)13-6(2)10(14)15/h3-4,6,13H,1-2H3,(H,14,15). The normalized spacial score (nSPS) is 12.3. The van der Waals surface area contributed by atoms with Gasteiger partial charge in [-0.1, -0.05) is 11.6 Å². The van der Waals surface area contributed by atoms with Gasteiger partial charge in [0.1, 0.15) is 11.9 Å². The van der Waals surface area contributed by atoms with Gasteiger partial charge in [0.25, 0.3) is 0 Å². The zero-order valence-corrected chi connectivity index (χ0v) is 9.10. The van der Waals surface area contributed by atoms with Gasteiger partial charge < -0.3 is 10.4 Å². The summed E-state index contributed by atoms with van der Waals surface area (Å²) >= 11 is 5.75. The highest BCUT2D eigenvalue weighted by molar-refractivity contribution is 6.33. The first-order chi connectivity index (χ1) is 6.91. The van der Waals surface area contributed by atoms with Crippen molar-refractivity contribution in [2.75, 3.05) is 5.32 Å². The summed E-state index contributed by atoms with van der Waals surface area (Å²) in [5, 5.41) is 11.5. The molecule has 0 bridgehead atoms. The molecule has 0 aliphatic heterocycles. The highest BCUT2D eigenvalue weighted by Crippen LogP contribution is 2.25. The molecule has 0 fully saturated rings. The second-order valence-electron chi connectivity index (χ2n) is 3.29. The second kappa shape index (κ2) is 4.49. The Hall–Kier alpha value is -1.29. The first kappa shape index (κ1) is 11.8. The summed E-state index contributed by atoms with van der Waals surface area (Å²) in [5.74, 6) is -1.40. The van der Waals surface area contributed by atoms with E-state index in [1.165, 1.54) is 13.0 Å². The van der Waals surface area contributed by atoms with E-state index < -0.39 is 17.8 Å². The largest absolute Gasteiger partial charge is 0.480 e. The molecular weight excluding hydrogens is 221 g/mol. The molecule has 0 saturated heterocycles. The first-order valence-electron chi connectivity index (χ1n) is 4.37. The number of hydrogen-bond acceptors (Lipinski definition) is 2. The fourth-order valence-corrected chi connectivity index (χ4v) is 1.27. The Labute approximate surface area is 91.9 Å². The van der Waals surface area contributed by atoms with E-state index in [4.69, 9.17) is 16.7 Å². The Morgan fingerprint density at radius 3 is 2.73 bits per heavy atom. The lowest BCUT2D eigenvalue weighted by atomic mass is 10.2. The van der Waals surface area contributed by atoms with Gasteiger partial charge in [0.15, 0.2) is 0 Å². The Morgan fingerprint density at radius 1 is 1.60 bits per heavy atom. The van der Waals surface area contributed by atoms with Crippen LogP contribution in [-0.2, 0) is 4.79 Å². The van der Waals surface area contributed by atoms with Crippen LogP contribution in [0.25, 0.3) is 0 Å². The lowest BCUT2D eigenvalue weighted by Crippen LogP contribution is -2.25. The van der Waals surface area contributed by atoms with Gasteiger partial charge >= 0.3 is 5.97 Å². The summed E-state index contributed by atoms with van der Waals surface area (Å²) < 4.78 is 13.0. The monoisotopic (exact) mass is 231 g/mol. The van der Waals surface area contributed by atoms with E-state index in [1.54, 1.807) is 6.92 Å². The summed E-state index contributed by atoms with van der Waals surface area (Å²) in [6.45, 7) is 3.07. The van der Waals surface area contributed by atoms with Gasteiger partial charge in [-0.2, -0.15) is 0 Å². The second-order valence-corrected chi connectivity index (χ2v) is 3.69. The maximum absolute atomic E-state index is 13.0. The van der Waals surface area contributed by atoms with Crippen LogP contribution >= 0.6 is 11.6 Å². The molecule has 0 radical (unpaired) electrons. The lowest BCUT2D eigenvalue weighted by molar-refractivity contribution is -0.137. The van der Waals surface area contributed by atoms with E-state index in [0.29, 0.717) is 11.3 Å². The first-order valence-corrected chi connectivity index (χ1v) is 4.74. The molecule has 82 valence electrons. The highest BCUT2D eigenvalue weighted by atomic mass is 35.5. The van der Waals surface area contributed by atoms with Crippen molar-refractivity contribution in [1.82, 2.24) is 0 Å². The molecule has 1 unspecified atom stereocenters. The Morgan fingerprint density at radius 2 is 2.20 bits per heavy atom. The average Bonchev–Trinajstić information content (AvgIpc) is 2.13. The number of aryl methyl sites for hydroxylation is 1. The SMILES string of the molecule is Cc1cc(NC(C)C(=O)O)c(Cl)cc1F. The number of carboxylic acids is 1. The number of carbonyl (C=O) groups is 1. The van der Waals surface area contributed by atoms with Crippen LogP contribution in [0.15, 0.2) is 12.1 Å². The molecule has 3 nitrogen and oxygen atoms in total. The minimum atomic E-state index is -0.993. The average molecular weight is 232 g/mol. The van der Waals surface area contributed by atoms with Crippen LogP contribution in [0.3, 0.4) is 0 Å². The molecule has 1 aromatic carbocycles. The fourth-order valence-electron chi connectivity index (χ4n) is 1.06. The van der Waals surface area contributed by atoms with Crippen molar-refractivity contribution in [3.8, 4) is 0 Å². The fraction of sp³-hybridized carbons (Fsp3) is 0.300. The van der Waals surface area contributed by atoms with Crippen LogP contribution in [0.5, 0.6) is 0 Å². The number of anilines is 1. The Balaban J connectivity index is 2.95. The van der Waals surface area contributed by atoms with Gasteiger partial charge in [0.2, 0.25) is 0 Å². The molecule has 0 aliphatic rings. The minimum Gasteiger partial charge on any atom is -0.480 e. The van der Waals surface area contributed by atoms with E-state index in [-0.39, 0.29) is 5.02 Å². The van der Waals surface area contributed by atoms with Gasteiger partial charge in [-0.3, -0.25) is 4.79 Å². The molecular formula is C10H11ClFNO2. The maximum atomic E-state index is 13.0. The van der Waals surface area contributed by atoms with Gasteiger partial charge in [0.05, 0.1) is 10.7 Å². The minimum absolute atomic E-state index is 0.172. The number of carboxylic acid groups (broad SMARTS) is 1. The third kappa shape index (κ3) is 2.83. The molecule has 0 aromatic heterocycles. The van der Waals surface area contributed by atoms with Gasteiger partial charge in [-0.05, 0) is 31.5 Å². The molecule has 1 atom stereocenters. The molecule has 0 spiro atoms. The summed E-state index contributed by atoms with van der Waals surface area (Å²) in [6.07, 6.45) is 0. The van der Waals surface area contributed by atoms with Crippen LogP contribution < -0.4 is 5.32 Å². The van der Waals surface area contributed by atoms with Crippen LogP contribution in [0.2, 0.25) is 5.02 Å². The van der Waals surface area contributed by atoms with E-state index in [1.807, 2.05) is 0 Å². The maximum Gasteiger partial charge on any atom is 0.325 e. The van der Waals surface area contributed by atoms with Gasteiger partial charge in [-0.25, -0.2) is 4.39 Å². The van der Waals surface area contributed by atoms with Crippen molar-refractivity contribution < 1.29 is 14.3 Å². The zero-order chi connectivity index (χ0) is 11.6. The van der Waals surface area contributed by atoms with E-state index in [9.17, 15) is 9.18 Å². The van der Waals surface area contributed by atoms with E-state index in [0.717, 1.165) is 6.07 Å². The van der Waals surface area contributed by atoms with Crippen molar-refractivity contribution in [1.29, 1.82) is 0 Å². The predicted molar refractivity (Wildman–Crippen MR) is 56.9 cm³/mol. The molecule has 0 heterocycles. The lowest BCUT2D eigenvalue weighted by Gasteiger charge is -2.13. The smallest absolute Gasteiger partial charge is 0.325 e. The van der Waals surface area contributed by atoms with Gasteiger partial charge in [0, 0.05) is 0 Å². The Bertz CT molecular complexity index is 395. The summed E-state index contributed by atoms with van der Waals surface area (Å²) in [6, 6.07) is 1.87. The number of aliphatic carboxylic acids is 1. The van der Waals surface area contributed by atoms with E-state index >= 15 is 0 Å². The van der Waals surface area contributed by atoms with Crippen LogP contribution in [0, 0.1) is 12.7 Å². The van der Waals surface area contributed by atoms with Crippen LogP contribution in [0.1, 0.15) is 12.5 Å². The molecule has 0 saturated carbocycles. The molecule has 15 heavy (non-hydrogen) atoms. The summed E-state index contributed by atoms with van der Waals surface area (Å²) in [5.41, 5.74) is 0.838. The topological polar surface area (TPSA) is 49.3 Å². The highest BCUT2D eigenvalue weighted by Gasteiger charge is 2.13. The summed E-state index contributed by atoms with van der Waals surface area (Å²) in [7, 11) is 0. The molecule has 0 amide bonds. The van der Waals surface area contributed by atoms with Crippen molar-refractivity contribution >= 4 is 23.3 Å². The van der Waals surface area contributed by atoms with Crippen molar-refractivity contribution in [2.24, 2.45) is 0 Å². The molecule has 2 N–H and O–H groups in total. The molecule has 1 rings (SSSR count). The number of benzene rings is 1. The quantitative estimate of drug-likeness (QED) is 0.841. The molecule has 5 heteroatoms. The molecule has 1 aromatic rings. The number of nitrogens with one attached hydrogen (secondary N) is 1.